The lowest BCUT2D eigenvalue weighted by Gasteiger charge is -2.03. The molecular formula is C9H9ClO4S. The highest BCUT2D eigenvalue weighted by Gasteiger charge is 2.18. The van der Waals surface area contributed by atoms with Crippen molar-refractivity contribution in [1.82, 2.24) is 0 Å². The van der Waals surface area contributed by atoms with E-state index in [1.54, 1.807) is 12.1 Å². The van der Waals surface area contributed by atoms with Gasteiger partial charge in [0.15, 0.2) is 0 Å². The summed E-state index contributed by atoms with van der Waals surface area (Å²) < 4.78 is 27.0. The van der Waals surface area contributed by atoms with Gasteiger partial charge < -0.3 is 4.18 Å². The summed E-state index contributed by atoms with van der Waals surface area (Å²) in [6.07, 6.45) is 0. The number of carbonyl (C=O) groups excluding carboxylic acids is 1. The highest BCUT2D eigenvalue weighted by atomic mass is 35.5. The van der Waals surface area contributed by atoms with Gasteiger partial charge in [-0.1, -0.05) is 17.7 Å². The van der Waals surface area contributed by atoms with Crippen LogP contribution in [0, 0.1) is 6.92 Å². The summed E-state index contributed by atoms with van der Waals surface area (Å²) >= 11 is 5.13. The molecule has 0 heterocycles. The van der Waals surface area contributed by atoms with Crippen LogP contribution in [0.25, 0.3) is 0 Å². The number of aryl methyl sites for hydroxylation is 1. The molecule has 1 aromatic carbocycles. The Kier molecular flexibility index (Phi) is 3.71. The smallest absolute Gasteiger partial charge is 0.341 e. The molecule has 0 saturated carbocycles. The van der Waals surface area contributed by atoms with Gasteiger partial charge in [-0.05, 0) is 19.1 Å². The van der Waals surface area contributed by atoms with E-state index in [0.717, 1.165) is 5.56 Å². The number of benzene rings is 1. The minimum Gasteiger partial charge on any atom is -0.341 e. The minimum atomic E-state index is -4.02. The molecule has 0 aliphatic rings. The van der Waals surface area contributed by atoms with Crippen molar-refractivity contribution in [3.63, 3.8) is 0 Å². The summed E-state index contributed by atoms with van der Waals surface area (Å²) in [7, 11) is -4.02. The summed E-state index contributed by atoms with van der Waals surface area (Å²) in [6, 6.07) is 5.96. The highest BCUT2D eigenvalue weighted by Crippen LogP contribution is 2.13. The molecule has 0 aliphatic carbocycles. The molecule has 0 unspecified atom stereocenters. The van der Waals surface area contributed by atoms with Crippen molar-refractivity contribution < 1.29 is 17.4 Å². The van der Waals surface area contributed by atoms with Crippen LogP contribution in [0.2, 0.25) is 0 Å². The van der Waals surface area contributed by atoms with Crippen molar-refractivity contribution in [1.29, 1.82) is 0 Å². The van der Waals surface area contributed by atoms with Gasteiger partial charge in [-0.3, -0.25) is 0 Å². The van der Waals surface area contributed by atoms with Crippen molar-refractivity contribution in [2.24, 2.45) is 0 Å². The SMILES string of the molecule is Cc1ccc(S(=O)(=O)OC(=O)CCl)cc1. The van der Waals surface area contributed by atoms with Gasteiger partial charge in [-0.25, -0.2) is 4.79 Å². The molecule has 0 fully saturated rings. The van der Waals surface area contributed by atoms with E-state index in [1.165, 1.54) is 12.1 Å². The Hall–Kier alpha value is -1.07. The Morgan fingerprint density at radius 3 is 2.33 bits per heavy atom. The van der Waals surface area contributed by atoms with E-state index < -0.39 is 22.0 Å². The number of alkyl halides is 1. The first-order valence-electron chi connectivity index (χ1n) is 4.05. The van der Waals surface area contributed by atoms with Gasteiger partial charge in [0.05, 0.1) is 0 Å². The molecular weight excluding hydrogens is 240 g/mol. The maximum Gasteiger partial charge on any atom is 0.341 e. The van der Waals surface area contributed by atoms with E-state index in [9.17, 15) is 13.2 Å². The van der Waals surface area contributed by atoms with E-state index >= 15 is 0 Å². The molecule has 1 rings (SSSR count). The molecule has 0 spiro atoms. The quantitative estimate of drug-likeness (QED) is 0.600. The highest BCUT2D eigenvalue weighted by molar-refractivity contribution is 7.87. The first kappa shape index (κ1) is 12.0. The van der Waals surface area contributed by atoms with Crippen LogP contribution in [0.3, 0.4) is 0 Å². The average Bonchev–Trinajstić information content (AvgIpc) is 2.17. The fraction of sp³-hybridized carbons (Fsp3) is 0.222. The zero-order chi connectivity index (χ0) is 11.5. The van der Waals surface area contributed by atoms with E-state index in [-0.39, 0.29) is 4.90 Å². The third kappa shape index (κ3) is 3.21. The molecule has 0 aromatic heterocycles. The molecule has 15 heavy (non-hydrogen) atoms. The van der Waals surface area contributed by atoms with E-state index in [1.807, 2.05) is 6.92 Å². The zero-order valence-corrected chi connectivity index (χ0v) is 9.51. The van der Waals surface area contributed by atoms with Crippen molar-refractivity contribution in [2.45, 2.75) is 11.8 Å². The Labute approximate surface area is 92.9 Å². The lowest BCUT2D eigenvalue weighted by Crippen LogP contribution is -2.14. The third-order valence-electron chi connectivity index (χ3n) is 1.62. The zero-order valence-electron chi connectivity index (χ0n) is 7.94. The largest absolute Gasteiger partial charge is 0.341 e. The first-order chi connectivity index (χ1) is 6.95. The van der Waals surface area contributed by atoms with Crippen LogP contribution in [0.5, 0.6) is 0 Å². The first-order valence-corrected chi connectivity index (χ1v) is 6.00. The van der Waals surface area contributed by atoms with Gasteiger partial charge >= 0.3 is 16.1 Å². The summed E-state index contributed by atoms with van der Waals surface area (Å²) in [5.74, 6) is -1.48. The van der Waals surface area contributed by atoms with Crippen LogP contribution in [0.1, 0.15) is 5.56 Å². The average molecular weight is 249 g/mol. The maximum absolute atomic E-state index is 11.4. The molecule has 0 radical (unpaired) electrons. The Bertz CT molecular complexity index is 450. The Morgan fingerprint density at radius 2 is 1.87 bits per heavy atom. The van der Waals surface area contributed by atoms with Crippen LogP contribution >= 0.6 is 11.6 Å². The molecule has 0 atom stereocenters. The second kappa shape index (κ2) is 4.63. The fourth-order valence-corrected chi connectivity index (χ4v) is 1.89. The van der Waals surface area contributed by atoms with Crippen molar-refractivity contribution >= 4 is 27.7 Å². The van der Waals surface area contributed by atoms with Crippen molar-refractivity contribution in [3.8, 4) is 0 Å². The van der Waals surface area contributed by atoms with E-state index in [2.05, 4.69) is 4.18 Å². The van der Waals surface area contributed by atoms with Gasteiger partial charge in [-0.2, -0.15) is 8.42 Å². The van der Waals surface area contributed by atoms with Crippen molar-refractivity contribution in [3.05, 3.63) is 29.8 Å². The van der Waals surface area contributed by atoms with Gasteiger partial charge in [0.2, 0.25) is 0 Å². The monoisotopic (exact) mass is 248 g/mol. The molecule has 6 heteroatoms. The van der Waals surface area contributed by atoms with E-state index in [0.29, 0.717) is 0 Å². The van der Waals surface area contributed by atoms with Gasteiger partial charge in [0.1, 0.15) is 10.8 Å². The second-order valence-corrected chi connectivity index (χ2v) is 4.67. The number of carbonyl (C=O) groups is 1. The Balaban J connectivity index is 2.96. The normalized spacial score (nSPS) is 11.1. The predicted octanol–water partition coefficient (Wildman–Crippen LogP) is 1.47. The summed E-state index contributed by atoms with van der Waals surface area (Å²) in [5.41, 5.74) is 0.914. The Morgan fingerprint density at radius 1 is 1.33 bits per heavy atom. The summed E-state index contributed by atoms with van der Waals surface area (Å²) in [4.78, 5) is 10.7. The number of hydrogen-bond donors (Lipinski definition) is 0. The molecule has 1 aromatic rings. The molecule has 0 N–H and O–H groups in total. The molecule has 82 valence electrons. The molecule has 4 nitrogen and oxygen atoms in total. The lowest BCUT2D eigenvalue weighted by molar-refractivity contribution is -0.131. The number of rotatable bonds is 3. The summed E-state index contributed by atoms with van der Waals surface area (Å²) in [5, 5.41) is 0. The second-order valence-electron chi connectivity index (χ2n) is 2.86. The summed E-state index contributed by atoms with van der Waals surface area (Å²) in [6.45, 7) is 1.82. The number of halogens is 1. The number of hydrogen-bond acceptors (Lipinski definition) is 4. The minimum absolute atomic E-state index is 0.0634. The molecule has 0 bridgehead atoms. The molecule has 0 aliphatic heterocycles. The van der Waals surface area contributed by atoms with Crippen molar-refractivity contribution in [2.75, 3.05) is 5.88 Å². The molecule has 0 amide bonds. The van der Waals surface area contributed by atoms with Gasteiger partial charge in [0.25, 0.3) is 0 Å². The topological polar surface area (TPSA) is 60.4 Å². The lowest BCUT2D eigenvalue weighted by atomic mass is 10.2. The van der Waals surface area contributed by atoms with Crippen LogP contribution in [0.4, 0.5) is 0 Å². The van der Waals surface area contributed by atoms with Gasteiger partial charge in [0, 0.05) is 0 Å². The van der Waals surface area contributed by atoms with Crippen LogP contribution in [-0.2, 0) is 19.1 Å². The fourth-order valence-electron chi connectivity index (χ4n) is 0.898. The van der Waals surface area contributed by atoms with Gasteiger partial charge in [-0.15, -0.1) is 11.6 Å². The van der Waals surface area contributed by atoms with Crippen LogP contribution in [0.15, 0.2) is 29.2 Å². The third-order valence-corrected chi connectivity index (χ3v) is 3.09. The standard InChI is InChI=1S/C9H9ClO4S/c1-7-2-4-8(5-3-7)15(12,13)14-9(11)6-10/h2-5H,6H2,1H3. The van der Waals surface area contributed by atoms with E-state index in [4.69, 9.17) is 11.6 Å². The predicted molar refractivity (Wildman–Crippen MR) is 55.2 cm³/mol. The molecule has 0 saturated heterocycles. The maximum atomic E-state index is 11.4. The van der Waals surface area contributed by atoms with Crippen LogP contribution in [-0.4, -0.2) is 20.3 Å². The van der Waals surface area contributed by atoms with Crippen LogP contribution < -0.4 is 0 Å².